The fourth-order valence-electron chi connectivity index (χ4n) is 4.78. The first-order valence-corrected chi connectivity index (χ1v) is 13.8. The van der Waals surface area contributed by atoms with Crippen LogP contribution in [-0.4, -0.2) is 56.5 Å². The van der Waals surface area contributed by atoms with E-state index in [0.717, 1.165) is 24.1 Å². The average Bonchev–Trinajstić information content (AvgIpc) is 3.62. The maximum atomic E-state index is 14.8. The van der Waals surface area contributed by atoms with Crippen molar-refractivity contribution in [3.05, 3.63) is 59.2 Å². The Kier molecular flexibility index (Phi) is 9.32. The van der Waals surface area contributed by atoms with Crippen LogP contribution in [0.3, 0.4) is 0 Å². The summed E-state index contributed by atoms with van der Waals surface area (Å²) in [7, 11) is 0. The van der Waals surface area contributed by atoms with Crippen molar-refractivity contribution in [1.82, 2.24) is 14.7 Å². The summed E-state index contributed by atoms with van der Waals surface area (Å²) in [6.45, 7) is 5.37. The predicted molar refractivity (Wildman–Crippen MR) is 141 cm³/mol. The number of benzene rings is 1. The number of nitrogens with zero attached hydrogens (tertiary/aromatic N) is 3. The summed E-state index contributed by atoms with van der Waals surface area (Å²) in [5.41, 5.74) is 2.16. The van der Waals surface area contributed by atoms with Crippen LogP contribution in [0.1, 0.15) is 63.3 Å². The molecule has 1 aromatic carbocycles. The summed E-state index contributed by atoms with van der Waals surface area (Å²) in [5.74, 6) is -0.512. The number of Topliss-reactive ketones (excluding diaryl/α,β-unsaturated/α-hetero) is 1. The van der Waals surface area contributed by atoms with Crippen molar-refractivity contribution in [2.24, 2.45) is 5.92 Å². The molecule has 1 aliphatic carbocycles. The number of halogens is 1. The average molecular weight is 528 g/mol. The lowest BCUT2D eigenvalue weighted by Crippen LogP contribution is -2.43. The molecule has 2 heterocycles. The first kappa shape index (κ1) is 27.3. The van der Waals surface area contributed by atoms with Crippen LogP contribution in [0.15, 0.2) is 42.1 Å². The smallest absolute Gasteiger partial charge is 0.305 e. The van der Waals surface area contributed by atoms with Gasteiger partial charge < -0.3 is 4.74 Å². The van der Waals surface area contributed by atoms with Gasteiger partial charge in [0.25, 0.3) is 0 Å². The van der Waals surface area contributed by atoms with E-state index >= 15 is 0 Å². The van der Waals surface area contributed by atoms with Crippen molar-refractivity contribution in [3.8, 4) is 0 Å². The van der Waals surface area contributed by atoms with Gasteiger partial charge in [-0.15, -0.1) is 0 Å². The zero-order valence-electron chi connectivity index (χ0n) is 21.4. The maximum Gasteiger partial charge on any atom is 0.305 e. The third kappa shape index (κ3) is 7.38. The van der Waals surface area contributed by atoms with Crippen molar-refractivity contribution in [1.29, 1.82) is 0 Å². The van der Waals surface area contributed by atoms with E-state index in [1.54, 1.807) is 36.7 Å². The minimum Gasteiger partial charge on any atom is -0.466 e. The number of rotatable bonds is 11. The Balaban J connectivity index is 1.54. The normalized spacial score (nSPS) is 20.1. The number of likely N-dealkylation sites (tertiary alicyclic amines) is 1. The molecule has 9 heteroatoms. The Morgan fingerprint density at radius 1 is 1.22 bits per heavy atom. The molecule has 37 heavy (non-hydrogen) atoms. The summed E-state index contributed by atoms with van der Waals surface area (Å²) in [6.07, 6.45) is 7.20. The van der Waals surface area contributed by atoms with E-state index in [2.05, 4.69) is 10.00 Å². The van der Waals surface area contributed by atoms with Crippen LogP contribution in [0.2, 0.25) is 0 Å². The maximum absolute atomic E-state index is 14.8. The standard InChI is InChI=1S/C28H34FN3O4S/c1-3-36-26(34)9-6-14-32-16-12-22(30-32)17-21-18-31(15-13-25(21)37-19(2)33)27(28(35)20-10-11-20)23-7-4-5-8-24(23)29/h4-5,7-8,12,16-17,20,25,27H,3,6,9-11,13-15,18H2,1-2H3/b21-17-. The van der Waals surface area contributed by atoms with Crippen LogP contribution in [-0.2, 0) is 25.7 Å². The Labute approximate surface area is 221 Å². The largest absolute Gasteiger partial charge is 0.466 e. The summed E-state index contributed by atoms with van der Waals surface area (Å²) >= 11 is 1.29. The minimum absolute atomic E-state index is 0.00772. The lowest BCUT2D eigenvalue weighted by atomic mass is 9.93. The van der Waals surface area contributed by atoms with Crippen LogP contribution in [0.4, 0.5) is 4.39 Å². The predicted octanol–water partition coefficient (Wildman–Crippen LogP) is 4.82. The second kappa shape index (κ2) is 12.6. The third-order valence-corrected chi connectivity index (χ3v) is 7.82. The molecule has 2 aromatic rings. The molecule has 1 saturated carbocycles. The van der Waals surface area contributed by atoms with Crippen LogP contribution < -0.4 is 0 Å². The molecular formula is C28H34FN3O4S. The molecule has 1 aliphatic heterocycles. The van der Waals surface area contributed by atoms with Crippen LogP contribution in [0, 0.1) is 11.7 Å². The lowest BCUT2D eigenvalue weighted by molar-refractivity contribution is -0.143. The van der Waals surface area contributed by atoms with Gasteiger partial charge in [0.1, 0.15) is 5.82 Å². The van der Waals surface area contributed by atoms with E-state index < -0.39 is 6.04 Å². The van der Waals surface area contributed by atoms with Crippen molar-refractivity contribution in [3.63, 3.8) is 0 Å². The van der Waals surface area contributed by atoms with Gasteiger partial charge in [-0.25, -0.2) is 4.39 Å². The topological polar surface area (TPSA) is 81.5 Å². The van der Waals surface area contributed by atoms with Gasteiger partial charge in [-0.1, -0.05) is 30.0 Å². The van der Waals surface area contributed by atoms with Crippen LogP contribution in [0.5, 0.6) is 0 Å². The van der Waals surface area contributed by atoms with Crippen molar-refractivity contribution in [2.75, 3.05) is 19.7 Å². The number of carbonyl (C=O) groups excluding carboxylic acids is 3. The fraction of sp³-hybridized carbons (Fsp3) is 0.500. The first-order valence-electron chi connectivity index (χ1n) is 12.9. The van der Waals surface area contributed by atoms with Gasteiger partial charge in [0.2, 0.25) is 0 Å². The van der Waals surface area contributed by atoms with E-state index in [-0.39, 0.29) is 33.9 Å². The molecule has 1 aromatic heterocycles. The Bertz CT molecular complexity index is 1160. The number of ether oxygens (including phenoxy) is 1. The Morgan fingerprint density at radius 3 is 2.70 bits per heavy atom. The Hall–Kier alpha value is -2.78. The van der Waals surface area contributed by atoms with E-state index in [0.29, 0.717) is 51.1 Å². The first-order chi connectivity index (χ1) is 17.9. The molecule has 0 radical (unpaired) electrons. The number of piperidine rings is 1. The fourth-order valence-corrected chi connectivity index (χ4v) is 5.70. The Morgan fingerprint density at radius 2 is 2.00 bits per heavy atom. The van der Waals surface area contributed by atoms with E-state index in [1.165, 1.54) is 17.8 Å². The van der Waals surface area contributed by atoms with Gasteiger partial charge in [-0.2, -0.15) is 5.10 Å². The molecule has 2 aliphatic rings. The lowest BCUT2D eigenvalue weighted by Gasteiger charge is -2.38. The zero-order chi connectivity index (χ0) is 26.4. The van der Waals surface area contributed by atoms with Crippen molar-refractivity contribution >= 4 is 34.7 Å². The van der Waals surface area contributed by atoms with E-state index in [1.807, 2.05) is 18.3 Å². The number of hydrogen-bond acceptors (Lipinski definition) is 7. The summed E-state index contributed by atoms with van der Waals surface area (Å²) < 4.78 is 21.6. The molecule has 0 bridgehead atoms. The number of carbonyl (C=O) groups is 3. The minimum atomic E-state index is -0.638. The van der Waals surface area contributed by atoms with Gasteiger partial charge in [0, 0.05) is 55.9 Å². The summed E-state index contributed by atoms with van der Waals surface area (Å²) in [5, 5.41) is 4.63. The van der Waals surface area contributed by atoms with E-state index in [4.69, 9.17) is 4.74 Å². The van der Waals surface area contributed by atoms with Gasteiger partial charge in [0.05, 0.1) is 18.3 Å². The molecule has 7 nitrogen and oxygen atoms in total. The second-order valence-electron chi connectivity index (χ2n) is 9.59. The van der Waals surface area contributed by atoms with Crippen LogP contribution in [0.25, 0.3) is 6.08 Å². The van der Waals surface area contributed by atoms with Crippen LogP contribution >= 0.6 is 11.8 Å². The molecule has 2 atom stereocenters. The van der Waals surface area contributed by atoms with E-state index in [9.17, 15) is 18.8 Å². The van der Waals surface area contributed by atoms with Gasteiger partial charge >= 0.3 is 5.97 Å². The number of aromatic nitrogens is 2. The van der Waals surface area contributed by atoms with Gasteiger partial charge in [-0.05, 0) is 56.4 Å². The number of thioether (sulfide) groups is 1. The highest BCUT2D eigenvalue weighted by molar-refractivity contribution is 8.14. The molecule has 0 spiro atoms. The summed E-state index contributed by atoms with van der Waals surface area (Å²) in [4.78, 5) is 39.0. The molecule has 0 amide bonds. The zero-order valence-corrected chi connectivity index (χ0v) is 22.2. The van der Waals surface area contributed by atoms with Crippen molar-refractivity contribution < 1.29 is 23.5 Å². The molecular weight excluding hydrogens is 493 g/mol. The second-order valence-corrected chi connectivity index (χ2v) is 11.0. The summed E-state index contributed by atoms with van der Waals surface area (Å²) in [6, 6.07) is 7.79. The molecule has 2 unspecified atom stereocenters. The third-order valence-electron chi connectivity index (χ3n) is 6.67. The number of ketones is 1. The number of hydrogen-bond donors (Lipinski definition) is 0. The SMILES string of the molecule is CCOC(=O)CCCn1ccc(/C=C2/CN(C(C(=O)C3CC3)c3ccccc3F)CCC2SC(C)=O)n1. The van der Waals surface area contributed by atoms with Crippen molar-refractivity contribution in [2.45, 2.75) is 63.8 Å². The number of aryl methyl sites for hydroxylation is 1. The highest BCUT2D eigenvalue weighted by Crippen LogP contribution is 2.40. The highest BCUT2D eigenvalue weighted by Gasteiger charge is 2.41. The molecule has 0 N–H and O–H groups in total. The molecule has 2 fully saturated rings. The van der Waals surface area contributed by atoms with Gasteiger partial charge in [0.15, 0.2) is 10.9 Å². The number of esters is 1. The highest BCUT2D eigenvalue weighted by atomic mass is 32.2. The quantitative estimate of drug-likeness (QED) is 0.388. The van der Waals surface area contributed by atoms with Gasteiger partial charge in [-0.3, -0.25) is 24.0 Å². The molecule has 4 rings (SSSR count). The molecule has 1 saturated heterocycles. The molecule has 198 valence electrons. The monoisotopic (exact) mass is 527 g/mol.